The molecule has 24 heavy (non-hydrogen) atoms. The van der Waals surface area contributed by atoms with Crippen LogP contribution in [0.2, 0.25) is 0 Å². The van der Waals surface area contributed by atoms with Gasteiger partial charge in [-0.25, -0.2) is 9.37 Å². The van der Waals surface area contributed by atoms with Gasteiger partial charge in [-0.3, -0.25) is 9.36 Å². The number of rotatable bonds is 5. The van der Waals surface area contributed by atoms with E-state index in [2.05, 4.69) is 4.98 Å². The number of nitrogens with zero attached hydrogens (tertiary/aromatic N) is 2. The first kappa shape index (κ1) is 16.3. The summed E-state index contributed by atoms with van der Waals surface area (Å²) in [7, 11) is 1.58. The summed E-state index contributed by atoms with van der Waals surface area (Å²) in [5.74, 6) is 0.948. The molecular weight excluding hydrogens is 327 g/mol. The van der Waals surface area contributed by atoms with Crippen LogP contribution in [-0.2, 0) is 5.75 Å². The lowest BCUT2D eigenvalue weighted by molar-refractivity contribution is 0.414. The van der Waals surface area contributed by atoms with E-state index >= 15 is 0 Å². The molecule has 0 bridgehead atoms. The van der Waals surface area contributed by atoms with E-state index in [1.807, 2.05) is 18.2 Å². The topological polar surface area (TPSA) is 44.1 Å². The average Bonchev–Trinajstić information content (AvgIpc) is 2.62. The Morgan fingerprint density at radius 1 is 1.21 bits per heavy atom. The zero-order valence-corrected chi connectivity index (χ0v) is 13.8. The first-order chi connectivity index (χ1) is 11.7. The van der Waals surface area contributed by atoms with Crippen LogP contribution < -0.4 is 10.3 Å². The molecule has 0 fully saturated rings. The second-order valence-electron chi connectivity index (χ2n) is 5.02. The summed E-state index contributed by atoms with van der Waals surface area (Å²) in [5.41, 5.74) is 1.45. The van der Waals surface area contributed by atoms with Gasteiger partial charge in [-0.2, -0.15) is 0 Å². The molecule has 0 aliphatic carbocycles. The molecule has 1 heterocycles. The third kappa shape index (κ3) is 3.65. The Balaban J connectivity index is 1.85. The van der Waals surface area contributed by atoms with Crippen molar-refractivity contribution in [2.75, 3.05) is 7.11 Å². The molecule has 0 aliphatic rings. The molecule has 0 radical (unpaired) electrons. The Kier molecular flexibility index (Phi) is 4.96. The summed E-state index contributed by atoms with van der Waals surface area (Å²) >= 11 is 1.33. The van der Waals surface area contributed by atoms with Gasteiger partial charge in [0.25, 0.3) is 5.56 Å². The van der Waals surface area contributed by atoms with Crippen molar-refractivity contribution >= 4 is 11.8 Å². The number of benzene rings is 2. The number of aromatic nitrogens is 2. The molecule has 0 saturated carbocycles. The van der Waals surface area contributed by atoms with Gasteiger partial charge >= 0.3 is 0 Å². The minimum Gasteiger partial charge on any atom is -0.497 e. The maximum absolute atomic E-state index is 12.9. The van der Waals surface area contributed by atoms with E-state index in [-0.39, 0.29) is 11.4 Å². The second kappa shape index (κ2) is 7.31. The summed E-state index contributed by atoms with van der Waals surface area (Å²) in [6.45, 7) is 0. The van der Waals surface area contributed by atoms with Gasteiger partial charge in [0.2, 0.25) is 0 Å². The van der Waals surface area contributed by atoms with Gasteiger partial charge in [-0.1, -0.05) is 30.0 Å². The standard InChI is InChI=1S/C18H15FN2O2S/c1-23-16-4-2-3-15(11-16)21-10-9-20-17(18(21)22)24-12-13-5-7-14(19)8-6-13/h2-11H,12H2,1H3. The predicted octanol–water partition coefficient (Wildman–Crippen LogP) is 3.67. The number of thioether (sulfide) groups is 1. The van der Waals surface area contributed by atoms with E-state index in [4.69, 9.17) is 4.74 Å². The lowest BCUT2D eigenvalue weighted by Crippen LogP contribution is -2.20. The molecule has 2 aromatic carbocycles. The van der Waals surface area contributed by atoms with Gasteiger partial charge < -0.3 is 4.74 Å². The van der Waals surface area contributed by atoms with Crippen LogP contribution in [0.15, 0.2) is 70.7 Å². The third-order valence-electron chi connectivity index (χ3n) is 3.43. The van der Waals surface area contributed by atoms with Gasteiger partial charge in [0.05, 0.1) is 12.8 Å². The van der Waals surface area contributed by atoms with E-state index < -0.39 is 0 Å². The minimum atomic E-state index is -0.276. The van der Waals surface area contributed by atoms with Crippen LogP contribution in [-0.4, -0.2) is 16.7 Å². The lowest BCUT2D eigenvalue weighted by Gasteiger charge is -2.09. The molecule has 0 saturated heterocycles. The number of hydrogen-bond acceptors (Lipinski definition) is 4. The normalized spacial score (nSPS) is 10.6. The van der Waals surface area contributed by atoms with E-state index in [0.717, 1.165) is 5.56 Å². The molecule has 3 rings (SSSR count). The van der Waals surface area contributed by atoms with Crippen LogP contribution in [0.25, 0.3) is 5.69 Å². The Labute approximate surface area is 142 Å². The first-order valence-corrected chi connectivity index (χ1v) is 8.25. The largest absolute Gasteiger partial charge is 0.497 e. The molecular formula is C18H15FN2O2S. The molecule has 0 unspecified atom stereocenters. The zero-order chi connectivity index (χ0) is 16.9. The van der Waals surface area contributed by atoms with Gasteiger partial charge in [0, 0.05) is 24.2 Å². The summed E-state index contributed by atoms with van der Waals surface area (Å²) < 4.78 is 19.7. The minimum absolute atomic E-state index is 0.196. The van der Waals surface area contributed by atoms with E-state index in [0.29, 0.717) is 22.2 Å². The number of hydrogen-bond donors (Lipinski definition) is 0. The van der Waals surface area contributed by atoms with Gasteiger partial charge in [-0.05, 0) is 29.8 Å². The summed E-state index contributed by atoms with van der Waals surface area (Å²) in [6.07, 6.45) is 3.22. The van der Waals surface area contributed by atoms with Crippen molar-refractivity contribution in [3.63, 3.8) is 0 Å². The maximum Gasteiger partial charge on any atom is 0.287 e. The van der Waals surface area contributed by atoms with Crippen LogP contribution in [0.4, 0.5) is 4.39 Å². The van der Waals surface area contributed by atoms with Gasteiger partial charge in [0.1, 0.15) is 11.6 Å². The summed E-state index contributed by atoms with van der Waals surface area (Å²) in [4.78, 5) is 16.8. The zero-order valence-electron chi connectivity index (χ0n) is 13.0. The van der Waals surface area contributed by atoms with Crippen molar-refractivity contribution in [1.29, 1.82) is 0 Å². The van der Waals surface area contributed by atoms with Gasteiger partial charge in [-0.15, -0.1) is 0 Å². The molecule has 0 amide bonds. The molecule has 1 aromatic heterocycles. The highest BCUT2D eigenvalue weighted by Gasteiger charge is 2.08. The molecule has 122 valence electrons. The van der Waals surface area contributed by atoms with Crippen LogP contribution in [0.3, 0.4) is 0 Å². The second-order valence-corrected chi connectivity index (χ2v) is 5.99. The SMILES string of the molecule is COc1cccc(-n2ccnc(SCc3ccc(F)cc3)c2=O)c1. The van der Waals surface area contributed by atoms with Crippen molar-refractivity contribution in [3.8, 4) is 11.4 Å². The predicted molar refractivity (Wildman–Crippen MR) is 92.3 cm³/mol. The van der Waals surface area contributed by atoms with E-state index in [9.17, 15) is 9.18 Å². The van der Waals surface area contributed by atoms with Crippen molar-refractivity contribution in [2.45, 2.75) is 10.8 Å². The highest BCUT2D eigenvalue weighted by Crippen LogP contribution is 2.19. The highest BCUT2D eigenvalue weighted by atomic mass is 32.2. The molecule has 0 N–H and O–H groups in total. The number of methoxy groups -OCH3 is 1. The number of ether oxygens (including phenoxy) is 1. The smallest absolute Gasteiger partial charge is 0.287 e. The van der Waals surface area contributed by atoms with E-state index in [1.165, 1.54) is 28.5 Å². The van der Waals surface area contributed by atoms with Crippen molar-refractivity contribution < 1.29 is 9.13 Å². The maximum atomic E-state index is 12.9. The molecule has 0 aliphatic heterocycles. The van der Waals surface area contributed by atoms with Crippen LogP contribution in [0, 0.1) is 5.82 Å². The fourth-order valence-corrected chi connectivity index (χ4v) is 3.04. The fourth-order valence-electron chi connectivity index (χ4n) is 2.19. The van der Waals surface area contributed by atoms with Crippen molar-refractivity contribution in [1.82, 2.24) is 9.55 Å². The third-order valence-corrected chi connectivity index (χ3v) is 4.46. The quantitative estimate of drug-likeness (QED) is 0.664. The molecule has 3 aromatic rings. The van der Waals surface area contributed by atoms with Gasteiger partial charge in [0.15, 0.2) is 5.03 Å². The molecule has 0 atom stereocenters. The fraction of sp³-hybridized carbons (Fsp3) is 0.111. The van der Waals surface area contributed by atoms with E-state index in [1.54, 1.807) is 37.7 Å². The number of halogens is 1. The lowest BCUT2D eigenvalue weighted by atomic mass is 10.2. The Morgan fingerprint density at radius 2 is 2.00 bits per heavy atom. The molecule has 0 spiro atoms. The first-order valence-electron chi connectivity index (χ1n) is 7.27. The Bertz CT molecular complexity index is 894. The van der Waals surface area contributed by atoms with Crippen molar-refractivity contribution in [2.24, 2.45) is 0 Å². The Hall–Kier alpha value is -2.60. The van der Waals surface area contributed by atoms with Crippen molar-refractivity contribution in [3.05, 3.63) is 82.7 Å². The van der Waals surface area contributed by atoms with Crippen LogP contribution >= 0.6 is 11.8 Å². The Morgan fingerprint density at radius 3 is 2.75 bits per heavy atom. The molecule has 4 nitrogen and oxygen atoms in total. The molecule has 6 heteroatoms. The van der Waals surface area contributed by atoms with Crippen LogP contribution in [0.1, 0.15) is 5.56 Å². The highest BCUT2D eigenvalue weighted by molar-refractivity contribution is 7.98. The van der Waals surface area contributed by atoms with Crippen LogP contribution in [0.5, 0.6) is 5.75 Å². The average molecular weight is 342 g/mol. The summed E-state index contributed by atoms with van der Waals surface area (Å²) in [5, 5.41) is 0.393. The summed E-state index contributed by atoms with van der Waals surface area (Å²) in [6, 6.07) is 13.5. The monoisotopic (exact) mass is 342 g/mol.